The Balaban J connectivity index is 1.47. The summed E-state index contributed by atoms with van der Waals surface area (Å²) in [5.74, 6) is -0.981. The molecule has 1 aromatic carbocycles. The van der Waals surface area contributed by atoms with Crippen LogP contribution < -0.4 is 16.2 Å². The number of hydrogen-bond donors (Lipinski definition) is 3. The summed E-state index contributed by atoms with van der Waals surface area (Å²) in [5.41, 5.74) is 4.66. The largest absolute Gasteiger partial charge is 0.347 e. The second kappa shape index (κ2) is 8.27. The normalized spacial score (nSPS) is 21.8. The molecular formula is C18H24N4O5S. The van der Waals surface area contributed by atoms with Crippen LogP contribution in [0.15, 0.2) is 29.2 Å². The van der Waals surface area contributed by atoms with Gasteiger partial charge in [0.05, 0.1) is 11.4 Å². The van der Waals surface area contributed by atoms with Gasteiger partial charge in [-0.3, -0.25) is 25.2 Å². The molecule has 0 aromatic heterocycles. The Morgan fingerprint density at radius 2 is 1.68 bits per heavy atom. The van der Waals surface area contributed by atoms with E-state index in [1.54, 1.807) is 0 Å². The number of carbonyl (C=O) groups excluding carboxylic acids is 3. The molecule has 152 valence electrons. The summed E-state index contributed by atoms with van der Waals surface area (Å²) in [5, 5.41) is 2.52. The van der Waals surface area contributed by atoms with Crippen molar-refractivity contribution in [2.75, 3.05) is 19.6 Å². The van der Waals surface area contributed by atoms with Gasteiger partial charge in [0.2, 0.25) is 15.9 Å². The van der Waals surface area contributed by atoms with Gasteiger partial charge in [0.15, 0.2) is 0 Å². The van der Waals surface area contributed by atoms with Crippen LogP contribution in [0.4, 0.5) is 0 Å². The topological polar surface area (TPSA) is 125 Å². The van der Waals surface area contributed by atoms with Crippen molar-refractivity contribution in [3.05, 3.63) is 29.8 Å². The molecule has 28 heavy (non-hydrogen) atoms. The van der Waals surface area contributed by atoms with Gasteiger partial charge in [-0.1, -0.05) is 6.92 Å². The molecule has 1 aliphatic carbocycles. The lowest BCUT2D eigenvalue weighted by Crippen LogP contribution is -2.46. The van der Waals surface area contributed by atoms with Crippen LogP contribution in [0.5, 0.6) is 0 Å². The molecule has 3 N–H and O–H groups in total. The monoisotopic (exact) mass is 408 g/mol. The molecule has 0 unspecified atom stereocenters. The van der Waals surface area contributed by atoms with E-state index >= 15 is 0 Å². The minimum absolute atomic E-state index is 0.0299. The van der Waals surface area contributed by atoms with E-state index in [2.05, 4.69) is 16.2 Å². The van der Waals surface area contributed by atoms with Crippen molar-refractivity contribution in [3.8, 4) is 0 Å². The van der Waals surface area contributed by atoms with Crippen molar-refractivity contribution in [2.45, 2.75) is 31.1 Å². The van der Waals surface area contributed by atoms with Crippen molar-refractivity contribution in [3.63, 3.8) is 0 Å². The highest BCUT2D eigenvalue weighted by Gasteiger charge is 2.39. The Morgan fingerprint density at radius 3 is 2.25 bits per heavy atom. The number of rotatable bonds is 6. The van der Waals surface area contributed by atoms with Crippen LogP contribution in [-0.2, 0) is 19.6 Å². The standard InChI is InChI=1S/C18H24N4O5S/c1-12-10-15(12)18(25)19-11-16(23)20-21-17(24)13-4-6-14(7-5-13)28(26,27)22-8-2-3-9-22/h4-7,12,15H,2-3,8-11H2,1H3,(H,19,25)(H,20,23)(H,21,24)/t12-,15+/m0/s1. The molecule has 2 aliphatic rings. The van der Waals surface area contributed by atoms with E-state index in [0.717, 1.165) is 19.3 Å². The third-order valence-electron chi connectivity index (χ3n) is 5.00. The van der Waals surface area contributed by atoms with E-state index in [1.807, 2.05) is 6.92 Å². The van der Waals surface area contributed by atoms with Gasteiger partial charge in [-0.15, -0.1) is 0 Å². The average Bonchev–Trinajstić information content (AvgIpc) is 3.17. The van der Waals surface area contributed by atoms with Gasteiger partial charge in [-0.05, 0) is 49.4 Å². The van der Waals surface area contributed by atoms with E-state index in [0.29, 0.717) is 19.0 Å². The molecule has 10 heteroatoms. The van der Waals surface area contributed by atoms with E-state index < -0.39 is 21.8 Å². The highest BCUT2D eigenvalue weighted by Crippen LogP contribution is 2.37. The number of amides is 3. The Morgan fingerprint density at radius 1 is 1.07 bits per heavy atom. The first kappa shape index (κ1) is 20.3. The molecule has 9 nitrogen and oxygen atoms in total. The molecule has 1 saturated heterocycles. The van der Waals surface area contributed by atoms with E-state index in [9.17, 15) is 22.8 Å². The second-order valence-electron chi connectivity index (χ2n) is 7.18. The fourth-order valence-electron chi connectivity index (χ4n) is 3.08. The lowest BCUT2D eigenvalue weighted by Gasteiger charge is -2.15. The zero-order valence-electron chi connectivity index (χ0n) is 15.6. The quantitative estimate of drug-likeness (QED) is 0.572. The number of nitrogens with one attached hydrogen (secondary N) is 3. The predicted octanol–water partition coefficient (Wildman–Crippen LogP) is 0.00430. The predicted molar refractivity (Wildman–Crippen MR) is 100 cm³/mol. The lowest BCUT2D eigenvalue weighted by atomic mass is 10.2. The number of sulfonamides is 1. The molecule has 1 saturated carbocycles. The average molecular weight is 408 g/mol. The van der Waals surface area contributed by atoms with Gasteiger partial charge in [0.25, 0.3) is 11.8 Å². The number of hydrazine groups is 1. The highest BCUT2D eigenvalue weighted by atomic mass is 32.2. The number of benzene rings is 1. The third-order valence-corrected chi connectivity index (χ3v) is 6.92. The summed E-state index contributed by atoms with van der Waals surface area (Å²) < 4.78 is 26.4. The van der Waals surface area contributed by atoms with Gasteiger partial charge in [-0.25, -0.2) is 8.42 Å². The number of hydrogen-bond acceptors (Lipinski definition) is 5. The summed E-state index contributed by atoms with van der Waals surface area (Å²) >= 11 is 0. The Bertz CT molecular complexity index is 862. The molecule has 1 heterocycles. The van der Waals surface area contributed by atoms with Crippen LogP contribution in [0.2, 0.25) is 0 Å². The fraction of sp³-hybridized carbons (Fsp3) is 0.500. The van der Waals surface area contributed by atoms with Crippen molar-refractivity contribution in [1.29, 1.82) is 0 Å². The molecule has 1 aromatic rings. The van der Waals surface area contributed by atoms with E-state index in [4.69, 9.17) is 0 Å². The van der Waals surface area contributed by atoms with Gasteiger partial charge in [-0.2, -0.15) is 4.31 Å². The lowest BCUT2D eigenvalue weighted by molar-refractivity contribution is -0.127. The van der Waals surface area contributed by atoms with Crippen molar-refractivity contribution in [1.82, 2.24) is 20.5 Å². The maximum absolute atomic E-state index is 12.5. The van der Waals surface area contributed by atoms with E-state index in [1.165, 1.54) is 28.6 Å². The summed E-state index contributed by atoms with van der Waals surface area (Å²) in [6.07, 6.45) is 2.52. The second-order valence-corrected chi connectivity index (χ2v) is 9.11. The minimum Gasteiger partial charge on any atom is -0.347 e. The SMILES string of the molecule is C[C@H]1C[C@H]1C(=O)NCC(=O)NNC(=O)c1ccc(S(=O)(=O)N2CCCC2)cc1. The summed E-state index contributed by atoms with van der Waals surface area (Å²) in [7, 11) is -3.54. The van der Waals surface area contributed by atoms with Crippen LogP contribution in [0.1, 0.15) is 36.5 Å². The van der Waals surface area contributed by atoms with Gasteiger partial charge in [0, 0.05) is 24.6 Å². The molecule has 3 amide bonds. The van der Waals surface area contributed by atoms with Crippen LogP contribution >= 0.6 is 0 Å². The summed E-state index contributed by atoms with van der Waals surface area (Å²) in [6, 6.07) is 5.53. The van der Waals surface area contributed by atoms with Gasteiger partial charge in [0.1, 0.15) is 0 Å². The van der Waals surface area contributed by atoms with Gasteiger partial charge >= 0.3 is 0 Å². The Labute approximate surface area is 163 Å². The van der Waals surface area contributed by atoms with Crippen molar-refractivity contribution >= 4 is 27.7 Å². The summed E-state index contributed by atoms with van der Waals surface area (Å²) in [6.45, 7) is 2.75. The molecule has 0 bridgehead atoms. The van der Waals surface area contributed by atoms with Crippen LogP contribution in [0.3, 0.4) is 0 Å². The fourth-order valence-corrected chi connectivity index (χ4v) is 4.60. The zero-order valence-corrected chi connectivity index (χ0v) is 16.4. The molecule has 3 rings (SSSR count). The molecule has 0 spiro atoms. The highest BCUT2D eigenvalue weighted by molar-refractivity contribution is 7.89. The molecule has 1 aliphatic heterocycles. The Kier molecular flexibility index (Phi) is 5.99. The maximum Gasteiger partial charge on any atom is 0.269 e. The Hall–Kier alpha value is -2.46. The molecule has 2 atom stereocenters. The van der Waals surface area contributed by atoms with Gasteiger partial charge < -0.3 is 5.32 Å². The summed E-state index contributed by atoms with van der Waals surface area (Å²) in [4.78, 5) is 35.6. The van der Waals surface area contributed by atoms with Crippen molar-refractivity contribution in [2.24, 2.45) is 11.8 Å². The smallest absolute Gasteiger partial charge is 0.269 e. The third kappa shape index (κ3) is 4.68. The maximum atomic E-state index is 12.5. The number of nitrogens with zero attached hydrogens (tertiary/aromatic N) is 1. The van der Waals surface area contributed by atoms with Crippen LogP contribution in [-0.4, -0.2) is 50.1 Å². The first-order valence-corrected chi connectivity index (χ1v) is 10.7. The molecule has 0 radical (unpaired) electrons. The molecule has 2 fully saturated rings. The van der Waals surface area contributed by atoms with Crippen molar-refractivity contribution < 1.29 is 22.8 Å². The zero-order chi connectivity index (χ0) is 20.3. The molecular weight excluding hydrogens is 384 g/mol. The first-order valence-electron chi connectivity index (χ1n) is 9.26. The number of carbonyl (C=O) groups is 3. The first-order chi connectivity index (χ1) is 13.3. The van der Waals surface area contributed by atoms with E-state index in [-0.39, 0.29) is 28.8 Å². The minimum atomic E-state index is -3.54. The van der Waals surface area contributed by atoms with Crippen LogP contribution in [0.25, 0.3) is 0 Å². The van der Waals surface area contributed by atoms with Crippen LogP contribution in [0, 0.1) is 11.8 Å².